The Labute approximate surface area is 113 Å². The minimum atomic E-state index is -0.704. The van der Waals surface area contributed by atoms with E-state index in [-0.39, 0.29) is 16.4 Å². The molecule has 17 heavy (non-hydrogen) atoms. The van der Waals surface area contributed by atoms with Gasteiger partial charge in [0.05, 0.1) is 10.6 Å². The van der Waals surface area contributed by atoms with Crippen LogP contribution in [-0.2, 0) is 4.74 Å². The number of Topliss-reactive ketones (excluding diaryl/α,β-unsaturated/α-hetero) is 1. The minimum absolute atomic E-state index is 0.0292. The summed E-state index contributed by atoms with van der Waals surface area (Å²) in [6, 6.07) is 2.96. The second kappa shape index (κ2) is 6.47. The summed E-state index contributed by atoms with van der Waals surface area (Å²) in [6.45, 7) is 4.02. The maximum atomic E-state index is 13.8. The lowest BCUT2D eigenvalue weighted by molar-refractivity contribution is 0.0440. The van der Waals surface area contributed by atoms with Gasteiger partial charge in [0, 0.05) is 11.1 Å². The zero-order chi connectivity index (χ0) is 13.0. The van der Waals surface area contributed by atoms with E-state index >= 15 is 0 Å². The fourth-order valence-electron chi connectivity index (χ4n) is 1.47. The molecular formula is C12H13BrClFO2. The fourth-order valence-corrected chi connectivity index (χ4v) is 1.94. The SMILES string of the molecule is CCOC(CC)C(=O)c1ccc(Br)c(Cl)c1F. The van der Waals surface area contributed by atoms with E-state index in [9.17, 15) is 9.18 Å². The van der Waals surface area contributed by atoms with E-state index in [1.165, 1.54) is 6.07 Å². The number of ketones is 1. The summed E-state index contributed by atoms with van der Waals surface area (Å²) in [4.78, 5) is 12.0. The van der Waals surface area contributed by atoms with E-state index in [0.29, 0.717) is 17.5 Å². The molecule has 0 saturated heterocycles. The van der Waals surface area contributed by atoms with E-state index < -0.39 is 11.9 Å². The van der Waals surface area contributed by atoms with Crippen LogP contribution in [0.25, 0.3) is 0 Å². The summed E-state index contributed by atoms with van der Waals surface area (Å²) in [7, 11) is 0. The Bertz CT molecular complexity index is 423. The zero-order valence-corrected chi connectivity index (χ0v) is 11.9. The van der Waals surface area contributed by atoms with Gasteiger partial charge in [-0.25, -0.2) is 4.39 Å². The molecule has 2 nitrogen and oxygen atoms in total. The van der Waals surface area contributed by atoms with Crippen LogP contribution in [0.15, 0.2) is 16.6 Å². The monoisotopic (exact) mass is 322 g/mol. The van der Waals surface area contributed by atoms with E-state index in [2.05, 4.69) is 15.9 Å². The lowest BCUT2D eigenvalue weighted by Gasteiger charge is -2.14. The number of ether oxygens (including phenoxy) is 1. The highest BCUT2D eigenvalue weighted by Gasteiger charge is 2.23. The van der Waals surface area contributed by atoms with E-state index in [1.54, 1.807) is 13.0 Å². The molecule has 0 heterocycles. The number of hydrogen-bond donors (Lipinski definition) is 0. The first-order valence-electron chi connectivity index (χ1n) is 5.32. The topological polar surface area (TPSA) is 26.3 Å². The number of benzene rings is 1. The van der Waals surface area contributed by atoms with E-state index in [0.717, 1.165) is 0 Å². The Morgan fingerprint density at radius 1 is 1.53 bits per heavy atom. The summed E-state index contributed by atoms with van der Waals surface area (Å²) in [5, 5.41) is -0.0813. The Hall–Kier alpha value is -0.450. The maximum Gasteiger partial charge on any atom is 0.194 e. The van der Waals surface area contributed by atoms with Crippen LogP contribution in [0.1, 0.15) is 30.6 Å². The van der Waals surface area contributed by atoms with Crippen molar-refractivity contribution in [1.29, 1.82) is 0 Å². The molecule has 1 aromatic rings. The summed E-state index contributed by atoms with van der Waals surface area (Å²) in [5.41, 5.74) is -0.0292. The van der Waals surface area contributed by atoms with Gasteiger partial charge < -0.3 is 4.74 Å². The number of rotatable bonds is 5. The van der Waals surface area contributed by atoms with Crippen molar-refractivity contribution in [3.8, 4) is 0 Å². The molecule has 0 bridgehead atoms. The van der Waals surface area contributed by atoms with Gasteiger partial charge in [0.1, 0.15) is 6.10 Å². The van der Waals surface area contributed by atoms with Gasteiger partial charge in [-0.2, -0.15) is 0 Å². The highest BCUT2D eigenvalue weighted by atomic mass is 79.9. The number of hydrogen-bond acceptors (Lipinski definition) is 2. The Morgan fingerprint density at radius 2 is 2.18 bits per heavy atom. The highest BCUT2D eigenvalue weighted by Crippen LogP contribution is 2.28. The van der Waals surface area contributed by atoms with Crippen molar-refractivity contribution in [3.63, 3.8) is 0 Å². The van der Waals surface area contributed by atoms with Gasteiger partial charge in [-0.15, -0.1) is 0 Å². The molecule has 0 spiro atoms. The molecule has 5 heteroatoms. The molecule has 0 radical (unpaired) electrons. The van der Waals surface area contributed by atoms with Crippen molar-refractivity contribution >= 4 is 33.3 Å². The summed E-state index contributed by atoms with van der Waals surface area (Å²) < 4.78 is 19.5. The van der Waals surface area contributed by atoms with Crippen molar-refractivity contribution < 1.29 is 13.9 Å². The average Bonchev–Trinajstić information content (AvgIpc) is 2.32. The summed E-state index contributed by atoms with van der Waals surface area (Å²) in [5.74, 6) is -1.08. The molecule has 94 valence electrons. The van der Waals surface area contributed by atoms with Crippen LogP contribution in [0, 0.1) is 5.82 Å². The molecular weight excluding hydrogens is 310 g/mol. The van der Waals surface area contributed by atoms with Crippen LogP contribution in [-0.4, -0.2) is 18.5 Å². The summed E-state index contributed by atoms with van der Waals surface area (Å²) in [6.07, 6.45) is -0.119. The van der Waals surface area contributed by atoms with Crippen molar-refractivity contribution in [3.05, 3.63) is 33.0 Å². The summed E-state index contributed by atoms with van der Waals surface area (Å²) >= 11 is 8.84. The molecule has 0 aliphatic heterocycles. The normalized spacial score (nSPS) is 12.5. The first-order valence-corrected chi connectivity index (χ1v) is 6.49. The first kappa shape index (κ1) is 14.6. The van der Waals surface area contributed by atoms with Gasteiger partial charge in [-0.3, -0.25) is 4.79 Å². The van der Waals surface area contributed by atoms with Gasteiger partial charge in [0.15, 0.2) is 11.6 Å². The highest BCUT2D eigenvalue weighted by molar-refractivity contribution is 9.10. The van der Waals surface area contributed by atoms with Gasteiger partial charge in [-0.1, -0.05) is 18.5 Å². The van der Waals surface area contributed by atoms with Crippen molar-refractivity contribution in [1.82, 2.24) is 0 Å². The fraction of sp³-hybridized carbons (Fsp3) is 0.417. The third-order valence-electron chi connectivity index (χ3n) is 2.33. The first-order chi connectivity index (χ1) is 8.02. The lowest BCUT2D eigenvalue weighted by atomic mass is 10.0. The van der Waals surface area contributed by atoms with Crippen LogP contribution in [0.2, 0.25) is 5.02 Å². The zero-order valence-electron chi connectivity index (χ0n) is 9.60. The second-order valence-electron chi connectivity index (χ2n) is 3.44. The minimum Gasteiger partial charge on any atom is -0.370 e. The lowest BCUT2D eigenvalue weighted by Crippen LogP contribution is -2.24. The Kier molecular flexibility index (Phi) is 5.56. The molecule has 0 fully saturated rings. The van der Waals surface area contributed by atoms with Crippen molar-refractivity contribution in [2.24, 2.45) is 0 Å². The average molecular weight is 324 g/mol. The molecule has 0 saturated carbocycles. The van der Waals surface area contributed by atoms with Crippen LogP contribution < -0.4 is 0 Å². The maximum absolute atomic E-state index is 13.8. The molecule has 1 atom stereocenters. The van der Waals surface area contributed by atoms with Crippen molar-refractivity contribution in [2.45, 2.75) is 26.4 Å². The van der Waals surface area contributed by atoms with Gasteiger partial charge in [0.25, 0.3) is 0 Å². The molecule has 1 rings (SSSR count). The smallest absolute Gasteiger partial charge is 0.194 e. The quantitative estimate of drug-likeness (QED) is 0.598. The van der Waals surface area contributed by atoms with Gasteiger partial charge in [0.2, 0.25) is 0 Å². The van der Waals surface area contributed by atoms with Gasteiger partial charge in [-0.05, 0) is 41.4 Å². The van der Waals surface area contributed by atoms with Crippen molar-refractivity contribution in [2.75, 3.05) is 6.61 Å². The largest absolute Gasteiger partial charge is 0.370 e. The van der Waals surface area contributed by atoms with Crippen LogP contribution >= 0.6 is 27.5 Å². The van der Waals surface area contributed by atoms with E-state index in [1.807, 2.05) is 6.92 Å². The molecule has 0 aromatic heterocycles. The number of carbonyl (C=O) groups is 1. The Balaban J connectivity index is 3.08. The standard InChI is InChI=1S/C12H13BrClFO2/c1-3-9(17-4-2)12(16)7-5-6-8(13)10(14)11(7)15/h5-6,9H,3-4H2,1-2H3. The molecule has 0 N–H and O–H groups in total. The predicted octanol–water partition coefficient (Wildman–Crippen LogP) is 4.24. The van der Waals surface area contributed by atoms with Crippen LogP contribution in [0.3, 0.4) is 0 Å². The van der Waals surface area contributed by atoms with E-state index in [4.69, 9.17) is 16.3 Å². The number of halogens is 3. The van der Waals surface area contributed by atoms with Crippen LogP contribution in [0.4, 0.5) is 4.39 Å². The number of carbonyl (C=O) groups excluding carboxylic acids is 1. The molecule has 0 aliphatic carbocycles. The molecule has 0 aliphatic rings. The third-order valence-corrected chi connectivity index (χ3v) is 3.59. The third kappa shape index (κ3) is 3.27. The van der Waals surface area contributed by atoms with Gasteiger partial charge >= 0.3 is 0 Å². The molecule has 1 unspecified atom stereocenters. The molecule has 1 aromatic carbocycles. The molecule has 0 amide bonds. The van der Waals surface area contributed by atoms with Crippen LogP contribution in [0.5, 0.6) is 0 Å². The second-order valence-corrected chi connectivity index (χ2v) is 4.67. The Morgan fingerprint density at radius 3 is 2.71 bits per heavy atom. The predicted molar refractivity (Wildman–Crippen MR) is 69.1 cm³/mol.